The Morgan fingerprint density at radius 1 is 1.86 bits per heavy atom. The summed E-state index contributed by atoms with van der Waals surface area (Å²) < 4.78 is 5.45. The fraction of sp³-hybridized carbons (Fsp3) is 0. The normalized spacial score (nSPS) is 9.29. The van der Waals surface area contributed by atoms with Crippen molar-refractivity contribution in [3.05, 3.63) is 9.96 Å². The van der Waals surface area contributed by atoms with Gasteiger partial charge in [0.2, 0.25) is 0 Å². The second-order valence-electron chi connectivity index (χ2n) is 1.00. The lowest BCUT2D eigenvalue weighted by atomic mass is 10.2. The van der Waals surface area contributed by atoms with E-state index in [1.54, 1.807) is 6.20 Å². The molecule has 2 radical (unpaired) electrons. The van der Waals surface area contributed by atoms with Crippen LogP contribution in [0, 0.1) is 3.77 Å². The quantitative estimate of drug-likeness (QED) is 0.442. The van der Waals surface area contributed by atoms with Gasteiger partial charge in [-0.1, -0.05) is 0 Å². The van der Waals surface area contributed by atoms with Crippen LogP contribution in [0.25, 0.3) is 0 Å². The van der Waals surface area contributed by atoms with Crippen LogP contribution in [0.2, 0.25) is 0 Å². The van der Waals surface area contributed by atoms with Gasteiger partial charge in [0, 0.05) is 22.6 Å². The van der Waals surface area contributed by atoms with Gasteiger partial charge in [0.15, 0.2) is 11.6 Å². The monoisotopic (exact) mass is 205 g/mol. The van der Waals surface area contributed by atoms with Crippen molar-refractivity contribution in [3.63, 3.8) is 0 Å². The summed E-state index contributed by atoms with van der Waals surface area (Å²) in [4.78, 5) is 3.62. The maximum Gasteiger partial charge on any atom is 0.197 e. The lowest BCUT2D eigenvalue weighted by molar-refractivity contribution is 0.566. The van der Waals surface area contributed by atoms with Crippen LogP contribution in [-0.4, -0.2) is 12.8 Å². The van der Waals surface area contributed by atoms with Crippen molar-refractivity contribution in [2.75, 3.05) is 0 Å². The largest absolute Gasteiger partial charge is 0.447 e. The van der Waals surface area contributed by atoms with Crippen LogP contribution in [-0.2, 0) is 0 Å². The maximum atomic E-state index is 5.10. The molecule has 0 saturated heterocycles. The zero-order valence-corrected chi connectivity index (χ0v) is 5.55. The van der Waals surface area contributed by atoms with Gasteiger partial charge in [0.05, 0.1) is 6.20 Å². The Balaban J connectivity index is 3.04. The van der Waals surface area contributed by atoms with Crippen molar-refractivity contribution >= 4 is 36.2 Å². The minimum absolute atomic E-state index is 0.226. The van der Waals surface area contributed by atoms with Crippen molar-refractivity contribution in [1.29, 1.82) is 0 Å². The topological polar surface area (TPSA) is 26.0 Å². The SMILES string of the molecule is [B]c1ncc(I)o1. The number of halogens is 1. The van der Waals surface area contributed by atoms with Gasteiger partial charge in [0.25, 0.3) is 0 Å². The Bertz CT molecular complexity index is 147. The minimum atomic E-state index is 0.226. The van der Waals surface area contributed by atoms with Gasteiger partial charge in [0.1, 0.15) is 5.79 Å². The highest BCUT2D eigenvalue weighted by Crippen LogP contribution is 1.96. The molecule has 1 aromatic heterocycles. The summed E-state index contributed by atoms with van der Waals surface area (Å²) in [7, 11) is 5.10. The van der Waals surface area contributed by atoms with Crippen LogP contribution in [0.1, 0.15) is 0 Å². The van der Waals surface area contributed by atoms with E-state index in [1.165, 1.54) is 0 Å². The molecular formula is C3HBINO. The number of hydrogen-bond acceptors (Lipinski definition) is 2. The van der Waals surface area contributed by atoms with E-state index in [-0.39, 0.29) is 5.79 Å². The average molecular weight is 205 g/mol. The third-order valence-electron chi connectivity index (χ3n) is 0.495. The first kappa shape index (κ1) is 5.15. The molecule has 0 saturated carbocycles. The Morgan fingerprint density at radius 3 is 2.71 bits per heavy atom. The summed E-state index contributed by atoms with van der Waals surface area (Å²) in [6.45, 7) is 0. The zero-order valence-electron chi connectivity index (χ0n) is 3.39. The van der Waals surface area contributed by atoms with Crippen LogP contribution in [0.4, 0.5) is 0 Å². The molecule has 0 aliphatic rings. The van der Waals surface area contributed by atoms with E-state index in [1.807, 2.05) is 22.6 Å². The molecule has 0 aromatic carbocycles. The number of rotatable bonds is 0. The van der Waals surface area contributed by atoms with Crippen LogP contribution < -0.4 is 5.79 Å². The summed E-state index contributed by atoms with van der Waals surface area (Å²) in [5, 5.41) is 0. The average Bonchev–Trinajstić information content (AvgIpc) is 1.87. The van der Waals surface area contributed by atoms with Gasteiger partial charge < -0.3 is 4.42 Å². The van der Waals surface area contributed by atoms with E-state index >= 15 is 0 Å². The Labute approximate surface area is 55.9 Å². The lowest BCUT2D eigenvalue weighted by Gasteiger charge is -1.72. The van der Waals surface area contributed by atoms with Crippen LogP contribution in [0.3, 0.4) is 0 Å². The van der Waals surface area contributed by atoms with Crippen molar-refractivity contribution in [3.8, 4) is 0 Å². The predicted molar refractivity (Wildman–Crippen MR) is 34.6 cm³/mol. The van der Waals surface area contributed by atoms with Gasteiger partial charge in [-0.25, -0.2) is 4.98 Å². The molecule has 0 spiro atoms. The van der Waals surface area contributed by atoms with E-state index < -0.39 is 0 Å². The second kappa shape index (κ2) is 1.86. The highest BCUT2D eigenvalue weighted by molar-refractivity contribution is 14.1. The first-order chi connectivity index (χ1) is 3.29. The summed E-state index contributed by atoms with van der Waals surface area (Å²) >= 11 is 1.99. The number of nitrogens with zero attached hydrogens (tertiary/aromatic N) is 1. The molecule has 34 valence electrons. The molecule has 0 unspecified atom stereocenters. The van der Waals surface area contributed by atoms with E-state index in [9.17, 15) is 0 Å². The van der Waals surface area contributed by atoms with Crippen molar-refractivity contribution in [2.24, 2.45) is 0 Å². The van der Waals surface area contributed by atoms with E-state index in [4.69, 9.17) is 12.3 Å². The third-order valence-corrected chi connectivity index (χ3v) is 0.994. The third kappa shape index (κ3) is 1.19. The Kier molecular flexibility index (Phi) is 1.36. The molecule has 7 heavy (non-hydrogen) atoms. The van der Waals surface area contributed by atoms with Crippen LogP contribution in [0.15, 0.2) is 10.6 Å². The van der Waals surface area contributed by atoms with Crippen LogP contribution >= 0.6 is 22.6 Å². The first-order valence-corrected chi connectivity index (χ1v) is 2.74. The summed E-state index contributed by atoms with van der Waals surface area (Å²) in [5.74, 6) is 0.226. The highest BCUT2D eigenvalue weighted by atomic mass is 127. The standard InChI is InChI=1S/C3HBINO/c4-3-6-1-2(5)7-3/h1H. The summed E-state index contributed by atoms with van der Waals surface area (Å²) in [5.41, 5.74) is 0. The molecule has 0 fully saturated rings. The molecule has 1 rings (SSSR count). The highest BCUT2D eigenvalue weighted by Gasteiger charge is 1.88. The van der Waals surface area contributed by atoms with E-state index in [0.717, 1.165) is 3.77 Å². The van der Waals surface area contributed by atoms with Gasteiger partial charge in [-0.15, -0.1) is 0 Å². The predicted octanol–water partition coefficient (Wildman–Crippen LogP) is 0.0730. The zero-order chi connectivity index (χ0) is 5.28. The first-order valence-electron chi connectivity index (χ1n) is 1.66. The number of oxazole rings is 1. The summed E-state index contributed by atoms with van der Waals surface area (Å²) in [6, 6.07) is 0. The molecule has 2 nitrogen and oxygen atoms in total. The van der Waals surface area contributed by atoms with Crippen molar-refractivity contribution < 1.29 is 4.42 Å². The molecule has 0 aliphatic carbocycles. The molecule has 0 atom stereocenters. The molecule has 1 heterocycles. The van der Waals surface area contributed by atoms with E-state index in [0.29, 0.717) is 0 Å². The minimum Gasteiger partial charge on any atom is -0.447 e. The summed E-state index contributed by atoms with van der Waals surface area (Å²) in [6.07, 6.45) is 1.57. The molecule has 0 bridgehead atoms. The van der Waals surface area contributed by atoms with Crippen molar-refractivity contribution in [1.82, 2.24) is 4.98 Å². The second-order valence-corrected chi connectivity index (χ2v) is 2.07. The fourth-order valence-electron chi connectivity index (χ4n) is 0.267. The lowest BCUT2D eigenvalue weighted by Crippen LogP contribution is -1.99. The van der Waals surface area contributed by atoms with Gasteiger partial charge in [-0.3, -0.25) is 0 Å². The van der Waals surface area contributed by atoms with Crippen LogP contribution in [0.5, 0.6) is 0 Å². The van der Waals surface area contributed by atoms with Gasteiger partial charge in [-0.2, -0.15) is 0 Å². The molecule has 0 N–H and O–H groups in total. The fourth-order valence-corrected chi connectivity index (χ4v) is 0.632. The van der Waals surface area contributed by atoms with Crippen molar-refractivity contribution in [2.45, 2.75) is 0 Å². The number of hydrogen-bond donors (Lipinski definition) is 0. The Hall–Kier alpha value is 0.00494. The number of aromatic nitrogens is 1. The Morgan fingerprint density at radius 2 is 2.57 bits per heavy atom. The molecule has 0 amide bonds. The smallest absolute Gasteiger partial charge is 0.197 e. The molecule has 4 heteroatoms. The molecule has 0 aliphatic heterocycles. The molecule has 1 aromatic rings. The van der Waals surface area contributed by atoms with Gasteiger partial charge in [-0.05, 0) is 0 Å². The molecular weight excluding hydrogens is 204 g/mol. The van der Waals surface area contributed by atoms with E-state index in [2.05, 4.69) is 4.98 Å². The maximum absolute atomic E-state index is 5.10. The van der Waals surface area contributed by atoms with Gasteiger partial charge >= 0.3 is 0 Å².